The first-order chi connectivity index (χ1) is 13.1. The van der Waals surface area contributed by atoms with E-state index in [0.29, 0.717) is 5.96 Å². The van der Waals surface area contributed by atoms with Crippen LogP contribution in [0.25, 0.3) is 0 Å². The van der Waals surface area contributed by atoms with Crippen molar-refractivity contribution in [3.8, 4) is 11.5 Å². The van der Waals surface area contributed by atoms with Crippen molar-refractivity contribution in [2.24, 2.45) is 16.6 Å². The van der Waals surface area contributed by atoms with Gasteiger partial charge in [0.05, 0.1) is 14.2 Å². The molecule has 0 spiro atoms. The fourth-order valence-electron chi connectivity index (χ4n) is 3.56. The second-order valence-electron chi connectivity index (χ2n) is 7.39. The van der Waals surface area contributed by atoms with Crippen LogP contribution < -0.4 is 20.5 Å². The lowest BCUT2D eigenvalue weighted by molar-refractivity contribution is 0.181. The van der Waals surface area contributed by atoms with Gasteiger partial charge in [0.25, 0.3) is 0 Å². The van der Waals surface area contributed by atoms with Crippen LogP contribution >= 0.6 is 24.0 Å². The van der Waals surface area contributed by atoms with Gasteiger partial charge in [0.15, 0.2) is 17.5 Å². The van der Waals surface area contributed by atoms with Crippen molar-refractivity contribution in [3.05, 3.63) is 23.8 Å². The number of guanidine groups is 1. The maximum absolute atomic E-state index is 5.97. The van der Waals surface area contributed by atoms with Gasteiger partial charge in [0.2, 0.25) is 0 Å². The predicted octanol–water partition coefficient (Wildman–Crippen LogP) is 3.28. The predicted molar refractivity (Wildman–Crippen MR) is 127 cm³/mol. The van der Waals surface area contributed by atoms with Crippen molar-refractivity contribution < 1.29 is 9.47 Å². The highest BCUT2D eigenvalue weighted by Crippen LogP contribution is 2.27. The van der Waals surface area contributed by atoms with E-state index in [9.17, 15) is 0 Å². The monoisotopic (exact) mass is 504 g/mol. The molecule has 1 atom stereocenters. The van der Waals surface area contributed by atoms with E-state index in [0.717, 1.165) is 43.3 Å². The van der Waals surface area contributed by atoms with E-state index in [4.69, 9.17) is 15.2 Å². The Labute approximate surface area is 187 Å². The van der Waals surface area contributed by atoms with E-state index in [1.54, 1.807) is 14.2 Å². The third kappa shape index (κ3) is 8.86. The molecule has 0 saturated carbocycles. The zero-order chi connectivity index (χ0) is 19.5. The molecule has 0 bridgehead atoms. The smallest absolute Gasteiger partial charge is 0.188 e. The van der Waals surface area contributed by atoms with Crippen molar-refractivity contribution >= 4 is 29.9 Å². The molecular weight excluding hydrogens is 467 g/mol. The van der Waals surface area contributed by atoms with Crippen LogP contribution in [0.1, 0.15) is 38.2 Å². The summed E-state index contributed by atoms with van der Waals surface area (Å²) in [6.45, 7) is 7.59. The highest BCUT2D eigenvalue weighted by Gasteiger charge is 2.15. The summed E-state index contributed by atoms with van der Waals surface area (Å²) in [7, 11) is 3.29. The lowest BCUT2D eigenvalue weighted by Crippen LogP contribution is -2.35. The first-order valence-corrected chi connectivity index (χ1v) is 10.1. The summed E-state index contributed by atoms with van der Waals surface area (Å²) in [4.78, 5) is 7.02. The van der Waals surface area contributed by atoms with Gasteiger partial charge in [-0.05, 0) is 68.8 Å². The van der Waals surface area contributed by atoms with E-state index in [2.05, 4.69) is 22.1 Å². The van der Waals surface area contributed by atoms with Gasteiger partial charge < -0.3 is 25.4 Å². The number of aliphatic imine (C=N–C) groups is 1. The third-order valence-corrected chi connectivity index (χ3v) is 5.07. The Bertz CT molecular complexity index is 598. The highest BCUT2D eigenvalue weighted by atomic mass is 127. The van der Waals surface area contributed by atoms with Crippen LogP contribution in [0.5, 0.6) is 11.5 Å². The molecule has 7 heteroatoms. The second-order valence-corrected chi connectivity index (χ2v) is 7.39. The number of hydrogen-bond donors (Lipinski definition) is 2. The Balaban J connectivity index is 0.00000392. The summed E-state index contributed by atoms with van der Waals surface area (Å²) >= 11 is 0. The zero-order valence-corrected chi connectivity index (χ0v) is 19.9. The average Bonchev–Trinajstić information content (AvgIpc) is 2.67. The number of piperidine rings is 1. The molecule has 0 aliphatic carbocycles. The Kier molecular flexibility index (Phi) is 12.3. The number of ether oxygens (including phenoxy) is 2. The quantitative estimate of drug-likeness (QED) is 0.222. The van der Waals surface area contributed by atoms with Crippen LogP contribution in [0.4, 0.5) is 0 Å². The second kappa shape index (κ2) is 13.9. The van der Waals surface area contributed by atoms with Gasteiger partial charge in [-0.2, -0.15) is 0 Å². The minimum absolute atomic E-state index is 0. The van der Waals surface area contributed by atoms with Crippen molar-refractivity contribution in [2.45, 2.75) is 39.0 Å². The molecular formula is C21H37IN4O2. The van der Waals surface area contributed by atoms with Gasteiger partial charge in [-0.15, -0.1) is 24.0 Å². The number of benzene rings is 1. The molecule has 6 nitrogen and oxygen atoms in total. The number of halogens is 1. The van der Waals surface area contributed by atoms with E-state index < -0.39 is 0 Å². The summed E-state index contributed by atoms with van der Waals surface area (Å²) in [5.74, 6) is 2.87. The largest absolute Gasteiger partial charge is 0.493 e. The summed E-state index contributed by atoms with van der Waals surface area (Å²) in [6, 6.07) is 5.96. The van der Waals surface area contributed by atoms with Crippen molar-refractivity contribution in [2.75, 3.05) is 46.9 Å². The Morgan fingerprint density at radius 1 is 1.25 bits per heavy atom. The topological polar surface area (TPSA) is 72.1 Å². The summed E-state index contributed by atoms with van der Waals surface area (Å²) in [6.07, 6.45) is 5.85. The Hall–Kier alpha value is -1.22. The highest BCUT2D eigenvalue weighted by molar-refractivity contribution is 14.0. The van der Waals surface area contributed by atoms with Crippen LogP contribution in [0, 0.1) is 5.92 Å². The number of nitrogens with two attached hydrogens (primary N) is 1. The summed E-state index contributed by atoms with van der Waals surface area (Å²) in [5, 5.41) is 3.19. The number of hydrogen-bond acceptors (Lipinski definition) is 4. The van der Waals surface area contributed by atoms with Crippen LogP contribution in [0.2, 0.25) is 0 Å². The molecule has 28 heavy (non-hydrogen) atoms. The Morgan fingerprint density at radius 3 is 2.75 bits per heavy atom. The van der Waals surface area contributed by atoms with Gasteiger partial charge in [-0.3, -0.25) is 4.99 Å². The molecule has 1 saturated heterocycles. The number of nitrogens with one attached hydrogen (secondary N) is 1. The molecule has 160 valence electrons. The lowest BCUT2D eigenvalue weighted by Gasteiger charge is -2.30. The molecule has 2 rings (SSSR count). The number of unbranched alkanes of at least 4 members (excludes halogenated alkanes) is 1. The Morgan fingerprint density at radius 2 is 2.04 bits per heavy atom. The van der Waals surface area contributed by atoms with E-state index >= 15 is 0 Å². The minimum atomic E-state index is 0. The van der Waals surface area contributed by atoms with Gasteiger partial charge in [-0.25, -0.2) is 0 Å². The van der Waals surface area contributed by atoms with Gasteiger partial charge in [-0.1, -0.05) is 13.0 Å². The van der Waals surface area contributed by atoms with E-state index in [1.165, 1.54) is 44.5 Å². The van der Waals surface area contributed by atoms with Crippen LogP contribution in [0.15, 0.2) is 23.2 Å². The van der Waals surface area contributed by atoms with E-state index in [1.807, 2.05) is 18.2 Å². The maximum atomic E-state index is 5.97. The van der Waals surface area contributed by atoms with Gasteiger partial charge in [0, 0.05) is 19.6 Å². The molecule has 1 aromatic rings. The standard InChI is InChI=1S/C21H36N4O2.HI/c1-17-7-6-14-25(16-17)13-5-4-11-23-21(22)24-12-10-18-8-9-19(26-2)20(15-18)27-3;/h8-9,15,17H,4-7,10-14,16H2,1-3H3,(H3,22,23,24);1H. The third-order valence-electron chi connectivity index (χ3n) is 5.07. The first-order valence-electron chi connectivity index (χ1n) is 10.1. The van der Waals surface area contributed by atoms with Crippen molar-refractivity contribution in [1.29, 1.82) is 0 Å². The molecule has 1 aromatic carbocycles. The first kappa shape index (κ1) is 24.8. The molecule has 0 radical (unpaired) electrons. The molecule has 3 N–H and O–H groups in total. The molecule has 0 amide bonds. The fourth-order valence-corrected chi connectivity index (χ4v) is 3.56. The maximum Gasteiger partial charge on any atom is 0.188 e. The molecule has 1 aliphatic rings. The summed E-state index contributed by atoms with van der Waals surface area (Å²) < 4.78 is 10.6. The van der Waals surface area contributed by atoms with Crippen LogP contribution in [0.3, 0.4) is 0 Å². The minimum Gasteiger partial charge on any atom is -0.493 e. The molecule has 1 aliphatic heterocycles. The van der Waals surface area contributed by atoms with Gasteiger partial charge >= 0.3 is 0 Å². The number of rotatable bonds is 10. The van der Waals surface area contributed by atoms with Crippen molar-refractivity contribution in [3.63, 3.8) is 0 Å². The normalized spacial score (nSPS) is 17.7. The van der Waals surface area contributed by atoms with Crippen LogP contribution in [-0.4, -0.2) is 57.8 Å². The van der Waals surface area contributed by atoms with Crippen LogP contribution in [-0.2, 0) is 6.42 Å². The molecule has 1 heterocycles. The van der Waals surface area contributed by atoms with Crippen molar-refractivity contribution in [1.82, 2.24) is 10.2 Å². The lowest BCUT2D eigenvalue weighted by atomic mass is 10.0. The summed E-state index contributed by atoms with van der Waals surface area (Å²) in [5.41, 5.74) is 7.14. The van der Waals surface area contributed by atoms with E-state index in [-0.39, 0.29) is 24.0 Å². The number of nitrogens with zero attached hydrogens (tertiary/aromatic N) is 2. The molecule has 0 aromatic heterocycles. The fraction of sp³-hybridized carbons (Fsp3) is 0.667. The number of methoxy groups -OCH3 is 2. The van der Waals surface area contributed by atoms with Gasteiger partial charge in [0.1, 0.15) is 0 Å². The molecule has 1 fully saturated rings. The average molecular weight is 504 g/mol. The molecule has 1 unspecified atom stereocenters. The SMILES string of the molecule is COc1ccc(CCNC(N)=NCCCCN2CCCC(C)C2)cc1OC.I. The zero-order valence-electron chi connectivity index (χ0n) is 17.6. The number of likely N-dealkylation sites (tertiary alicyclic amines) is 1.